The number of nitrogens with zero attached hydrogens (tertiary/aromatic N) is 2. The van der Waals surface area contributed by atoms with Gasteiger partial charge in [0.2, 0.25) is 11.0 Å². The Bertz CT molecular complexity index is 1200. The second-order valence-electron chi connectivity index (χ2n) is 10.6. The van der Waals surface area contributed by atoms with Crippen LogP contribution in [0.15, 0.2) is 48.5 Å². The lowest BCUT2D eigenvalue weighted by atomic mass is 9.82. The summed E-state index contributed by atoms with van der Waals surface area (Å²) in [5.41, 5.74) is 0.725. The number of thioether (sulfide) groups is 1. The maximum absolute atomic E-state index is 13.2. The summed E-state index contributed by atoms with van der Waals surface area (Å²) < 4.78 is 5.15. The van der Waals surface area contributed by atoms with Gasteiger partial charge in [0.15, 0.2) is 8.32 Å². The van der Waals surface area contributed by atoms with Crippen molar-refractivity contribution in [1.82, 2.24) is 5.32 Å². The number of hydrogen-bond acceptors (Lipinski definition) is 8. The molecule has 0 aromatic heterocycles. The van der Waals surface area contributed by atoms with Crippen LogP contribution in [0.1, 0.15) is 43.1 Å². The number of β-lactam (4-membered cyclic amide) rings is 1. The SMILES string of the molecule is CC(C)(C)[Si](C)(C)OCC[C@H]1NC(=O)[C@@]1(Cc1ccc([N+](=O)[O-])cc1)SC(=O)c1ccc([N+](=O)[O-])cc1. The second-order valence-corrected chi connectivity index (χ2v) is 16.7. The van der Waals surface area contributed by atoms with Crippen LogP contribution in [0.3, 0.4) is 0 Å². The molecular weight excluding hydrogens is 514 g/mol. The first-order chi connectivity index (χ1) is 17.2. The van der Waals surface area contributed by atoms with E-state index in [1.165, 1.54) is 36.4 Å². The Hall–Kier alpha value is -3.09. The minimum atomic E-state index is -2.02. The highest BCUT2D eigenvalue weighted by Gasteiger charge is 2.56. The molecule has 198 valence electrons. The van der Waals surface area contributed by atoms with Gasteiger partial charge in [-0.1, -0.05) is 44.7 Å². The van der Waals surface area contributed by atoms with Gasteiger partial charge < -0.3 is 9.74 Å². The van der Waals surface area contributed by atoms with Crippen LogP contribution >= 0.6 is 11.8 Å². The predicted molar refractivity (Wildman–Crippen MR) is 144 cm³/mol. The summed E-state index contributed by atoms with van der Waals surface area (Å²) in [4.78, 5) is 47.3. The number of carbonyl (C=O) groups is 2. The highest BCUT2D eigenvalue weighted by molar-refractivity contribution is 8.16. The molecule has 0 unspecified atom stereocenters. The van der Waals surface area contributed by atoms with E-state index in [-0.39, 0.29) is 45.5 Å². The van der Waals surface area contributed by atoms with E-state index in [0.29, 0.717) is 18.6 Å². The van der Waals surface area contributed by atoms with Crippen molar-refractivity contribution in [3.8, 4) is 0 Å². The van der Waals surface area contributed by atoms with Crippen molar-refractivity contribution in [2.45, 2.75) is 62.5 Å². The van der Waals surface area contributed by atoms with E-state index in [2.05, 4.69) is 39.2 Å². The van der Waals surface area contributed by atoms with Gasteiger partial charge in [0.1, 0.15) is 4.75 Å². The van der Waals surface area contributed by atoms with Gasteiger partial charge in [0, 0.05) is 36.4 Å². The summed E-state index contributed by atoms with van der Waals surface area (Å²) in [6.07, 6.45) is 0.677. The first-order valence-electron chi connectivity index (χ1n) is 11.8. The van der Waals surface area contributed by atoms with Gasteiger partial charge in [-0.3, -0.25) is 29.8 Å². The van der Waals surface area contributed by atoms with Gasteiger partial charge >= 0.3 is 0 Å². The van der Waals surface area contributed by atoms with E-state index in [4.69, 9.17) is 4.43 Å². The second kappa shape index (κ2) is 10.7. The van der Waals surface area contributed by atoms with Crippen molar-refractivity contribution in [3.05, 3.63) is 79.9 Å². The van der Waals surface area contributed by atoms with Crippen LogP contribution in [0, 0.1) is 20.2 Å². The standard InChI is InChI=1S/C25H31N3O7SSi/c1-24(2,3)37(4,5)35-15-14-21-25(23(30)26-21,16-17-6-10-19(11-7-17)27(31)32)36-22(29)18-8-12-20(13-9-18)28(33)34/h6-13,21H,14-16H2,1-5H3,(H,26,30)/t21-,25+/m1/s1. The number of non-ortho nitro benzene ring substituents is 2. The molecule has 1 aliphatic heterocycles. The number of nitro groups is 2. The Balaban J connectivity index is 1.85. The summed E-state index contributed by atoms with van der Waals surface area (Å²) in [6, 6.07) is 10.8. The largest absolute Gasteiger partial charge is 0.417 e. The number of carbonyl (C=O) groups excluding carboxylic acids is 2. The van der Waals surface area contributed by atoms with Crippen molar-refractivity contribution in [2.75, 3.05) is 6.61 Å². The van der Waals surface area contributed by atoms with E-state index in [1.54, 1.807) is 12.1 Å². The van der Waals surface area contributed by atoms with E-state index in [1.807, 2.05) is 0 Å². The van der Waals surface area contributed by atoms with E-state index in [0.717, 1.165) is 11.8 Å². The van der Waals surface area contributed by atoms with Crippen LogP contribution in [0.4, 0.5) is 11.4 Å². The highest BCUT2D eigenvalue weighted by Crippen LogP contribution is 2.43. The molecule has 3 rings (SSSR count). The van der Waals surface area contributed by atoms with Crippen molar-refractivity contribution in [3.63, 3.8) is 0 Å². The Labute approximate surface area is 220 Å². The van der Waals surface area contributed by atoms with Gasteiger partial charge in [-0.2, -0.15) is 0 Å². The fourth-order valence-electron chi connectivity index (χ4n) is 3.77. The zero-order chi connectivity index (χ0) is 27.6. The Morgan fingerprint density at radius 1 is 1.03 bits per heavy atom. The predicted octanol–water partition coefficient (Wildman–Crippen LogP) is 5.27. The van der Waals surface area contributed by atoms with Crippen LogP contribution in [0.5, 0.6) is 0 Å². The summed E-state index contributed by atoms with van der Waals surface area (Å²) in [5, 5.41) is 24.6. The zero-order valence-corrected chi connectivity index (χ0v) is 23.3. The number of rotatable bonds is 10. The fourth-order valence-corrected chi connectivity index (χ4v) is 6.13. The lowest BCUT2D eigenvalue weighted by molar-refractivity contribution is -0.385. The molecule has 12 heteroatoms. The fraction of sp³-hybridized carbons (Fsp3) is 0.440. The van der Waals surface area contributed by atoms with Crippen molar-refractivity contribution >= 4 is 42.5 Å². The number of nitrogens with one attached hydrogen (secondary N) is 1. The molecule has 1 N–H and O–H groups in total. The topological polar surface area (TPSA) is 142 Å². The van der Waals surface area contributed by atoms with Crippen LogP contribution in [0.25, 0.3) is 0 Å². The number of hydrogen-bond donors (Lipinski definition) is 1. The Kier molecular flexibility index (Phi) is 8.25. The maximum Gasteiger partial charge on any atom is 0.269 e. The van der Waals surface area contributed by atoms with Crippen LogP contribution < -0.4 is 5.32 Å². The van der Waals surface area contributed by atoms with Crippen LogP contribution in [-0.2, 0) is 15.6 Å². The summed E-state index contributed by atoms with van der Waals surface area (Å²) in [6.45, 7) is 11.1. The molecule has 1 saturated heterocycles. The first-order valence-corrected chi connectivity index (χ1v) is 15.5. The van der Waals surface area contributed by atoms with Gasteiger partial charge in [-0.05, 0) is 48.7 Å². The molecule has 37 heavy (non-hydrogen) atoms. The third-order valence-corrected chi connectivity index (χ3v) is 13.1. The van der Waals surface area contributed by atoms with Gasteiger partial charge in [-0.15, -0.1) is 0 Å². The van der Waals surface area contributed by atoms with Gasteiger partial charge in [-0.25, -0.2) is 0 Å². The molecule has 2 aromatic rings. The molecule has 1 fully saturated rings. The molecule has 0 spiro atoms. The third kappa shape index (κ3) is 6.25. The number of nitro benzene ring substituents is 2. The van der Waals surface area contributed by atoms with Crippen molar-refractivity contribution in [1.29, 1.82) is 0 Å². The molecule has 0 bridgehead atoms. The molecule has 0 saturated carbocycles. The summed E-state index contributed by atoms with van der Waals surface area (Å²) >= 11 is 0.887. The normalized spacial score (nSPS) is 19.6. The smallest absolute Gasteiger partial charge is 0.269 e. The molecule has 10 nitrogen and oxygen atoms in total. The molecule has 2 atom stereocenters. The summed E-state index contributed by atoms with van der Waals surface area (Å²) in [5.74, 6) is -0.302. The molecule has 0 radical (unpaired) electrons. The van der Waals surface area contributed by atoms with E-state index >= 15 is 0 Å². The van der Waals surface area contributed by atoms with Crippen molar-refractivity contribution < 1.29 is 23.9 Å². The molecule has 2 aromatic carbocycles. The van der Waals surface area contributed by atoms with Crippen molar-refractivity contribution in [2.24, 2.45) is 0 Å². The molecule has 0 aliphatic carbocycles. The Morgan fingerprint density at radius 3 is 2.00 bits per heavy atom. The highest BCUT2D eigenvalue weighted by atomic mass is 32.2. The minimum absolute atomic E-state index is 0.0202. The molecule has 1 amide bonds. The van der Waals surface area contributed by atoms with Gasteiger partial charge in [0.25, 0.3) is 11.4 Å². The molecular formula is C25H31N3O7SSi. The minimum Gasteiger partial charge on any atom is -0.417 e. The average molecular weight is 546 g/mol. The monoisotopic (exact) mass is 545 g/mol. The molecule has 1 aliphatic rings. The first kappa shape index (κ1) is 28.5. The van der Waals surface area contributed by atoms with E-state index < -0.39 is 22.9 Å². The third-order valence-electron chi connectivity index (χ3n) is 7.13. The van der Waals surface area contributed by atoms with Gasteiger partial charge in [0.05, 0.1) is 15.9 Å². The van der Waals surface area contributed by atoms with Crippen LogP contribution in [-0.4, -0.2) is 46.6 Å². The number of benzene rings is 2. The Morgan fingerprint density at radius 2 is 1.54 bits per heavy atom. The lowest BCUT2D eigenvalue weighted by Gasteiger charge is -2.48. The average Bonchev–Trinajstić information content (AvgIpc) is 2.82. The maximum atomic E-state index is 13.2. The zero-order valence-electron chi connectivity index (χ0n) is 21.5. The summed E-state index contributed by atoms with van der Waals surface area (Å²) in [7, 11) is -2.02. The quantitative estimate of drug-likeness (QED) is 0.184. The lowest BCUT2D eigenvalue weighted by Crippen LogP contribution is -2.72. The van der Waals surface area contributed by atoms with Crippen LogP contribution in [0.2, 0.25) is 18.1 Å². The van der Waals surface area contributed by atoms with E-state index in [9.17, 15) is 29.8 Å². The molecule has 1 heterocycles. The number of amides is 1.